The van der Waals surface area contributed by atoms with Crippen LogP contribution >= 0.6 is 27.7 Å². The van der Waals surface area contributed by atoms with Gasteiger partial charge in [0, 0.05) is 27.3 Å². The number of benzene rings is 2. The maximum absolute atomic E-state index is 14.9. The summed E-state index contributed by atoms with van der Waals surface area (Å²) in [6.07, 6.45) is -0.612. The summed E-state index contributed by atoms with van der Waals surface area (Å²) >= 11 is 4.89. The summed E-state index contributed by atoms with van der Waals surface area (Å²) < 4.78 is 21.4. The Morgan fingerprint density at radius 1 is 1.28 bits per heavy atom. The topological polar surface area (TPSA) is 67.4 Å². The van der Waals surface area contributed by atoms with Crippen LogP contribution in [-0.4, -0.2) is 35.7 Å². The van der Waals surface area contributed by atoms with E-state index in [0.29, 0.717) is 16.9 Å². The molecule has 2 saturated heterocycles. The van der Waals surface area contributed by atoms with E-state index in [-0.39, 0.29) is 30.0 Å². The van der Waals surface area contributed by atoms with Crippen LogP contribution in [0.25, 0.3) is 0 Å². The molecule has 1 unspecified atom stereocenters. The van der Waals surface area contributed by atoms with Gasteiger partial charge in [-0.1, -0.05) is 34.1 Å². The molecule has 0 aromatic heterocycles. The summed E-state index contributed by atoms with van der Waals surface area (Å²) in [6, 6.07) is 13.7. The largest absolute Gasteiger partial charge is 0.368 e. The van der Waals surface area contributed by atoms with E-state index in [2.05, 4.69) is 26.6 Å². The van der Waals surface area contributed by atoms with Crippen LogP contribution in [0.15, 0.2) is 53.0 Å². The number of halogens is 2. The van der Waals surface area contributed by atoms with Crippen molar-refractivity contribution in [2.24, 2.45) is 5.92 Å². The molecule has 152 valence electrons. The molecule has 2 aliphatic heterocycles. The number of thioether (sulfide) groups is 1. The summed E-state index contributed by atoms with van der Waals surface area (Å²) in [6.45, 7) is 1.64. The van der Waals surface area contributed by atoms with Gasteiger partial charge >= 0.3 is 0 Å². The van der Waals surface area contributed by atoms with Gasteiger partial charge in [0.15, 0.2) is 5.78 Å². The zero-order valence-corrected chi connectivity index (χ0v) is 18.1. The number of fused-ring (bicyclic) bond motifs is 1. The van der Waals surface area contributed by atoms with E-state index < -0.39 is 17.1 Å². The van der Waals surface area contributed by atoms with Gasteiger partial charge in [0.2, 0.25) is 0 Å². The summed E-state index contributed by atoms with van der Waals surface area (Å²) in [5, 5.41) is 6.35. The van der Waals surface area contributed by atoms with Crippen LogP contribution in [-0.2, 0) is 15.1 Å². The molecule has 5 nitrogen and oxygen atoms in total. The molecule has 2 aliphatic rings. The standard InChI is InChI=1S/C21H20BrFN2O3S/c1-12(26)18-16-10-29-20(24-19(27)13-5-3-2-4-6-13)25-21(16,11-28-18)15-9-14(22)7-8-17(15)23/h2-9,16,18,20,25H,10-11H2,1H3,(H,24,27)/t16-,18-,20?,21-/m1/s1. The predicted molar refractivity (Wildman–Crippen MR) is 113 cm³/mol. The van der Waals surface area contributed by atoms with Crippen molar-refractivity contribution >= 4 is 39.4 Å². The number of ketones is 1. The van der Waals surface area contributed by atoms with E-state index in [1.54, 1.807) is 36.4 Å². The quantitative estimate of drug-likeness (QED) is 0.704. The number of rotatable bonds is 4. The van der Waals surface area contributed by atoms with Crippen LogP contribution < -0.4 is 10.6 Å². The van der Waals surface area contributed by atoms with Gasteiger partial charge in [-0.05, 0) is 37.3 Å². The van der Waals surface area contributed by atoms with Crippen LogP contribution in [0.2, 0.25) is 0 Å². The van der Waals surface area contributed by atoms with Crippen molar-refractivity contribution in [1.82, 2.24) is 10.6 Å². The Morgan fingerprint density at radius 3 is 2.76 bits per heavy atom. The zero-order chi connectivity index (χ0) is 20.6. The number of ether oxygens (including phenoxy) is 1. The molecule has 0 spiro atoms. The van der Waals surface area contributed by atoms with Crippen molar-refractivity contribution < 1.29 is 18.7 Å². The smallest absolute Gasteiger partial charge is 0.253 e. The minimum absolute atomic E-state index is 0.0820. The normalized spacial score (nSPS) is 28.6. The van der Waals surface area contributed by atoms with Gasteiger partial charge in [0.05, 0.1) is 12.1 Å². The highest BCUT2D eigenvalue weighted by Crippen LogP contribution is 2.46. The second-order valence-corrected chi connectivity index (χ2v) is 9.30. The van der Waals surface area contributed by atoms with Gasteiger partial charge in [0.25, 0.3) is 5.91 Å². The fourth-order valence-corrected chi connectivity index (χ4v) is 5.73. The molecule has 0 saturated carbocycles. The van der Waals surface area contributed by atoms with Crippen molar-refractivity contribution in [2.45, 2.75) is 24.1 Å². The van der Waals surface area contributed by atoms with Gasteiger partial charge in [-0.25, -0.2) is 4.39 Å². The Labute approximate surface area is 180 Å². The molecule has 2 N–H and O–H groups in total. The highest BCUT2D eigenvalue weighted by Gasteiger charge is 2.56. The molecule has 1 amide bonds. The van der Waals surface area contributed by atoms with E-state index in [1.807, 2.05) is 6.07 Å². The van der Waals surface area contributed by atoms with Gasteiger partial charge in [-0.3, -0.25) is 14.9 Å². The fraction of sp³-hybridized carbons (Fsp3) is 0.333. The average molecular weight is 479 g/mol. The number of Topliss-reactive ketones (excluding diaryl/α,β-unsaturated/α-hetero) is 1. The monoisotopic (exact) mass is 478 g/mol. The number of hydrogen-bond acceptors (Lipinski definition) is 5. The van der Waals surface area contributed by atoms with Crippen molar-refractivity contribution in [3.8, 4) is 0 Å². The molecule has 4 rings (SSSR count). The second kappa shape index (κ2) is 8.18. The number of carbonyl (C=O) groups excluding carboxylic acids is 2. The first-order chi connectivity index (χ1) is 13.9. The van der Waals surface area contributed by atoms with E-state index in [0.717, 1.165) is 4.47 Å². The molecule has 4 atom stereocenters. The maximum atomic E-state index is 14.9. The molecular weight excluding hydrogens is 459 g/mol. The lowest BCUT2D eigenvalue weighted by molar-refractivity contribution is -0.126. The summed E-state index contributed by atoms with van der Waals surface area (Å²) in [7, 11) is 0. The molecule has 2 heterocycles. The number of amides is 1. The van der Waals surface area contributed by atoms with E-state index in [9.17, 15) is 14.0 Å². The lowest BCUT2D eigenvalue weighted by atomic mass is 9.77. The highest BCUT2D eigenvalue weighted by molar-refractivity contribution is 9.10. The lowest BCUT2D eigenvalue weighted by Crippen LogP contribution is -2.62. The van der Waals surface area contributed by atoms with Gasteiger partial charge in [-0.2, -0.15) is 0 Å². The lowest BCUT2D eigenvalue weighted by Gasteiger charge is -2.44. The Kier molecular flexibility index (Phi) is 5.79. The fourth-order valence-electron chi connectivity index (χ4n) is 4.02. The summed E-state index contributed by atoms with van der Waals surface area (Å²) in [5.74, 6) is -0.386. The average Bonchev–Trinajstić information content (AvgIpc) is 3.10. The molecule has 29 heavy (non-hydrogen) atoms. The SMILES string of the molecule is CC(=O)[C@H]1OC[C@]2(c3cc(Br)ccc3F)NC(NC(=O)c3ccccc3)SC[C@H]12. The number of nitrogens with one attached hydrogen (secondary N) is 2. The first-order valence-corrected chi connectivity index (χ1v) is 11.1. The first kappa shape index (κ1) is 20.5. The Bertz CT molecular complexity index is 945. The van der Waals surface area contributed by atoms with Gasteiger partial charge < -0.3 is 10.1 Å². The van der Waals surface area contributed by atoms with E-state index >= 15 is 0 Å². The van der Waals surface area contributed by atoms with Crippen LogP contribution in [0.1, 0.15) is 22.8 Å². The zero-order valence-electron chi connectivity index (χ0n) is 15.7. The minimum Gasteiger partial charge on any atom is -0.368 e. The Hall–Kier alpha value is -1.74. The number of hydrogen-bond donors (Lipinski definition) is 2. The summed E-state index contributed by atoms with van der Waals surface area (Å²) in [5.41, 5.74) is -0.389. The molecule has 8 heteroatoms. The molecule has 2 aromatic rings. The second-order valence-electron chi connectivity index (χ2n) is 7.24. The van der Waals surface area contributed by atoms with Gasteiger partial charge in [-0.15, -0.1) is 11.8 Å². The third kappa shape index (κ3) is 3.86. The molecule has 0 aliphatic carbocycles. The Morgan fingerprint density at radius 2 is 2.03 bits per heavy atom. The van der Waals surface area contributed by atoms with Crippen LogP contribution in [0, 0.1) is 11.7 Å². The first-order valence-electron chi connectivity index (χ1n) is 9.23. The molecular formula is C21H20BrFN2O3S. The van der Waals surface area contributed by atoms with Crippen molar-refractivity contribution in [3.05, 3.63) is 69.9 Å². The van der Waals surface area contributed by atoms with Gasteiger partial charge in [0.1, 0.15) is 17.4 Å². The number of carbonyl (C=O) groups is 2. The molecule has 0 bridgehead atoms. The molecule has 0 radical (unpaired) electrons. The maximum Gasteiger partial charge on any atom is 0.253 e. The highest BCUT2D eigenvalue weighted by atomic mass is 79.9. The third-order valence-corrected chi connectivity index (χ3v) is 7.04. The molecule has 2 aromatic carbocycles. The van der Waals surface area contributed by atoms with E-state index in [4.69, 9.17) is 4.74 Å². The van der Waals surface area contributed by atoms with Crippen LogP contribution in [0.3, 0.4) is 0 Å². The Balaban J connectivity index is 1.66. The minimum atomic E-state index is -0.913. The predicted octanol–water partition coefficient (Wildman–Crippen LogP) is 3.44. The third-order valence-electron chi connectivity index (χ3n) is 5.43. The van der Waals surface area contributed by atoms with Crippen molar-refractivity contribution in [3.63, 3.8) is 0 Å². The van der Waals surface area contributed by atoms with E-state index in [1.165, 1.54) is 24.8 Å². The molecule has 2 fully saturated rings. The van der Waals surface area contributed by atoms with Crippen LogP contribution in [0.5, 0.6) is 0 Å². The van der Waals surface area contributed by atoms with Crippen molar-refractivity contribution in [2.75, 3.05) is 12.4 Å². The van der Waals surface area contributed by atoms with Crippen LogP contribution in [0.4, 0.5) is 4.39 Å². The summed E-state index contributed by atoms with van der Waals surface area (Å²) in [4.78, 5) is 24.7. The van der Waals surface area contributed by atoms with Crippen molar-refractivity contribution in [1.29, 1.82) is 0 Å².